The zero-order valence-corrected chi connectivity index (χ0v) is 22.8. The Morgan fingerprint density at radius 2 is 1.62 bits per heavy atom. The van der Waals surface area contributed by atoms with Crippen LogP contribution < -0.4 is 10.6 Å². The number of halogens is 1. The van der Waals surface area contributed by atoms with Crippen LogP contribution in [-0.4, -0.2) is 58.3 Å². The molecule has 39 heavy (non-hydrogen) atoms. The van der Waals surface area contributed by atoms with E-state index in [0.717, 1.165) is 31.6 Å². The third-order valence-electron chi connectivity index (χ3n) is 6.95. The molecule has 0 bridgehead atoms. The molecule has 1 aliphatic heterocycles. The molecule has 3 heterocycles. The van der Waals surface area contributed by atoms with E-state index in [1.165, 1.54) is 12.1 Å². The first-order chi connectivity index (χ1) is 18.8. The topological polar surface area (TPSA) is 95.4 Å². The van der Waals surface area contributed by atoms with E-state index >= 15 is 0 Å². The number of rotatable bonds is 9. The van der Waals surface area contributed by atoms with E-state index in [0.29, 0.717) is 29.7 Å². The van der Waals surface area contributed by atoms with Gasteiger partial charge in [-0.25, -0.2) is 17.8 Å². The normalized spacial score (nSPS) is 15.0. The first kappa shape index (κ1) is 26.8. The summed E-state index contributed by atoms with van der Waals surface area (Å²) < 4.78 is 44.6. The maximum absolute atomic E-state index is 13.9. The van der Waals surface area contributed by atoms with Gasteiger partial charge in [0.1, 0.15) is 11.6 Å². The molecule has 0 unspecified atom stereocenters. The molecule has 0 atom stereocenters. The lowest BCUT2D eigenvalue weighted by molar-refractivity contribution is 0.177. The molecule has 1 aliphatic rings. The monoisotopic (exact) mass is 549 g/mol. The summed E-state index contributed by atoms with van der Waals surface area (Å²) in [5.74, 6) is 0.563. The van der Waals surface area contributed by atoms with Crippen LogP contribution in [0.1, 0.15) is 18.5 Å². The Hall–Kier alpha value is -3.80. The average molecular weight is 550 g/mol. The predicted octanol–water partition coefficient (Wildman–Crippen LogP) is 4.73. The fourth-order valence-corrected chi connectivity index (χ4v) is 6.31. The molecule has 204 valence electrons. The van der Waals surface area contributed by atoms with Crippen LogP contribution in [0.2, 0.25) is 0 Å². The number of hydrogen-bond acceptors (Lipinski definition) is 7. The van der Waals surface area contributed by atoms with E-state index in [9.17, 15) is 12.8 Å². The van der Waals surface area contributed by atoms with Crippen LogP contribution in [0.4, 0.5) is 27.5 Å². The minimum Gasteiger partial charge on any atom is -0.353 e. The minimum absolute atomic E-state index is 0.0661. The van der Waals surface area contributed by atoms with E-state index < -0.39 is 10.0 Å². The Kier molecular flexibility index (Phi) is 7.92. The molecule has 9 nitrogen and oxygen atoms in total. The van der Waals surface area contributed by atoms with Crippen molar-refractivity contribution in [3.63, 3.8) is 0 Å². The molecule has 0 amide bonds. The fourth-order valence-electron chi connectivity index (χ4n) is 4.66. The molecule has 5 rings (SSSR count). The van der Waals surface area contributed by atoms with Gasteiger partial charge in [-0.05, 0) is 99.7 Å². The zero-order valence-electron chi connectivity index (χ0n) is 22.0. The van der Waals surface area contributed by atoms with Crippen molar-refractivity contribution >= 4 is 33.2 Å². The Labute approximate surface area is 228 Å². The summed E-state index contributed by atoms with van der Waals surface area (Å²) in [6.07, 6.45) is 5.11. The SMILES string of the molecule is CN1CCC(N(Cc2cccn2C)S(=O)(=O)c2ccc(Nc3nccc(Nc4ccc(F)cc4)n3)cc2)CC1. The van der Waals surface area contributed by atoms with Crippen molar-refractivity contribution in [3.05, 3.63) is 90.6 Å². The molecule has 0 saturated carbocycles. The molecule has 11 heteroatoms. The number of hydrogen-bond donors (Lipinski definition) is 2. The summed E-state index contributed by atoms with van der Waals surface area (Å²) in [7, 11) is 0.258. The summed E-state index contributed by atoms with van der Waals surface area (Å²) in [6, 6.07) is 18.2. The summed E-state index contributed by atoms with van der Waals surface area (Å²) in [6.45, 7) is 2.05. The number of piperidine rings is 1. The number of anilines is 4. The van der Waals surface area contributed by atoms with Gasteiger partial charge >= 0.3 is 0 Å². The van der Waals surface area contributed by atoms with E-state index in [1.54, 1.807) is 53.0 Å². The standard InChI is InChI=1S/C28H32FN7O2S/c1-34-18-14-24(15-19-34)36(20-25-4-3-17-35(25)2)39(37,38)26-11-9-23(10-12-26)32-28-30-16-13-27(33-28)31-22-7-5-21(29)6-8-22/h3-13,16-17,24H,14-15,18-20H2,1-2H3,(H2,30,31,32,33). The van der Waals surface area contributed by atoms with E-state index in [4.69, 9.17) is 0 Å². The number of benzene rings is 2. The largest absolute Gasteiger partial charge is 0.353 e. The molecular formula is C28H32FN7O2S. The second-order valence-electron chi connectivity index (χ2n) is 9.74. The van der Waals surface area contributed by atoms with E-state index in [-0.39, 0.29) is 16.8 Å². The molecule has 2 N–H and O–H groups in total. The second kappa shape index (κ2) is 11.5. The van der Waals surface area contributed by atoms with E-state index in [1.807, 2.05) is 29.9 Å². The van der Waals surface area contributed by atoms with Crippen molar-refractivity contribution in [3.8, 4) is 0 Å². The number of likely N-dealkylation sites (tertiary alicyclic amines) is 1. The lowest BCUT2D eigenvalue weighted by Gasteiger charge is -2.36. The van der Waals surface area contributed by atoms with Gasteiger partial charge in [0.05, 0.1) is 11.4 Å². The molecule has 0 spiro atoms. The van der Waals surface area contributed by atoms with Crippen LogP contribution >= 0.6 is 0 Å². The van der Waals surface area contributed by atoms with Gasteiger partial charge < -0.3 is 20.1 Å². The second-order valence-corrected chi connectivity index (χ2v) is 11.6. The third kappa shape index (κ3) is 6.44. The molecule has 0 radical (unpaired) electrons. The number of nitrogens with one attached hydrogen (secondary N) is 2. The maximum Gasteiger partial charge on any atom is 0.243 e. The summed E-state index contributed by atoms with van der Waals surface area (Å²) in [5.41, 5.74) is 2.29. The van der Waals surface area contributed by atoms with Crippen molar-refractivity contribution in [1.82, 2.24) is 23.7 Å². The van der Waals surface area contributed by atoms with Gasteiger partial charge in [-0.2, -0.15) is 9.29 Å². The van der Waals surface area contributed by atoms with Gasteiger partial charge in [0.2, 0.25) is 16.0 Å². The molecule has 2 aromatic carbocycles. The van der Waals surface area contributed by atoms with Crippen molar-refractivity contribution in [2.75, 3.05) is 30.8 Å². The summed E-state index contributed by atoms with van der Waals surface area (Å²) in [4.78, 5) is 11.2. The summed E-state index contributed by atoms with van der Waals surface area (Å²) >= 11 is 0. The predicted molar refractivity (Wildman–Crippen MR) is 150 cm³/mol. The van der Waals surface area contributed by atoms with Crippen LogP contribution in [-0.2, 0) is 23.6 Å². The molecule has 1 saturated heterocycles. The first-order valence-corrected chi connectivity index (χ1v) is 14.3. The Morgan fingerprint density at radius 1 is 0.949 bits per heavy atom. The van der Waals surface area contributed by atoms with Crippen molar-refractivity contribution in [2.24, 2.45) is 7.05 Å². The lowest BCUT2D eigenvalue weighted by atomic mass is 10.1. The van der Waals surface area contributed by atoms with Gasteiger partial charge in [-0.1, -0.05) is 0 Å². The minimum atomic E-state index is -3.74. The maximum atomic E-state index is 13.9. The molecule has 2 aromatic heterocycles. The van der Waals surface area contributed by atoms with E-state index in [2.05, 4.69) is 32.5 Å². The van der Waals surface area contributed by atoms with Crippen molar-refractivity contribution in [1.29, 1.82) is 0 Å². The molecule has 0 aliphatic carbocycles. The number of nitrogens with zero attached hydrogens (tertiary/aromatic N) is 5. The summed E-state index contributed by atoms with van der Waals surface area (Å²) in [5, 5.41) is 6.23. The highest BCUT2D eigenvalue weighted by atomic mass is 32.2. The number of aromatic nitrogens is 3. The highest BCUT2D eigenvalue weighted by Crippen LogP contribution is 2.28. The van der Waals surface area contributed by atoms with Gasteiger partial charge in [0.25, 0.3) is 0 Å². The van der Waals surface area contributed by atoms with Crippen LogP contribution in [0.25, 0.3) is 0 Å². The molecule has 1 fully saturated rings. The van der Waals surface area contributed by atoms with Crippen LogP contribution in [0.5, 0.6) is 0 Å². The highest BCUT2D eigenvalue weighted by Gasteiger charge is 2.33. The lowest BCUT2D eigenvalue weighted by Crippen LogP contribution is -2.46. The fraction of sp³-hybridized carbons (Fsp3) is 0.286. The third-order valence-corrected chi connectivity index (χ3v) is 8.87. The Balaban J connectivity index is 1.32. The molecule has 4 aromatic rings. The van der Waals surface area contributed by atoms with Gasteiger partial charge in [0.15, 0.2) is 0 Å². The van der Waals surface area contributed by atoms with Crippen molar-refractivity contribution in [2.45, 2.75) is 30.3 Å². The quantitative estimate of drug-likeness (QED) is 0.312. The Bertz CT molecular complexity index is 1500. The van der Waals surface area contributed by atoms with Gasteiger partial charge in [-0.3, -0.25) is 0 Å². The smallest absolute Gasteiger partial charge is 0.243 e. The van der Waals surface area contributed by atoms with Crippen LogP contribution in [0, 0.1) is 5.82 Å². The van der Waals surface area contributed by atoms with Crippen LogP contribution in [0.3, 0.4) is 0 Å². The van der Waals surface area contributed by atoms with Gasteiger partial charge in [0, 0.05) is 42.6 Å². The highest BCUT2D eigenvalue weighted by molar-refractivity contribution is 7.89. The number of aryl methyl sites for hydroxylation is 1. The van der Waals surface area contributed by atoms with Gasteiger partial charge in [-0.15, -0.1) is 0 Å². The zero-order chi connectivity index (χ0) is 27.4. The van der Waals surface area contributed by atoms with Crippen LogP contribution in [0.15, 0.2) is 84.0 Å². The molecular weight excluding hydrogens is 517 g/mol. The van der Waals surface area contributed by atoms with Crippen molar-refractivity contribution < 1.29 is 12.8 Å². The first-order valence-electron chi connectivity index (χ1n) is 12.8. The Morgan fingerprint density at radius 3 is 2.28 bits per heavy atom. The number of sulfonamides is 1. The average Bonchev–Trinajstić information content (AvgIpc) is 3.34.